The van der Waals surface area contributed by atoms with Crippen molar-refractivity contribution in [2.45, 2.75) is 0 Å². The molecule has 0 aromatic heterocycles. The van der Waals surface area contributed by atoms with Crippen molar-refractivity contribution in [3.63, 3.8) is 0 Å². The van der Waals surface area contributed by atoms with E-state index in [4.69, 9.17) is 13.0 Å². The summed E-state index contributed by atoms with van der Waals surface area (Å²) in [5, 5.41) is 0. The summed E-state index contributed by atoms with van der Waals surface area (Å²) in [6.07, 6.45) is 0. The zero-order chi connectivity index (χ0) is 4.50. The highest BCUT2D eigenvalue weighted by molar-refractivity contribution is 8.61. The van der Waals surface area contributed by atoms with Gasteiger partial charge in [0.05, 0.1) is 0 Å². The molecule has 0 fully saturated rings. The molecule has 64 valence electrons. The Kier molecular flexibility index (Phi) is 43.3. The van der Waals surface area contributed by atoms with E-state index in [0.29, 0.717) is 0 Å². The van der Waals surface area contributed by atoms with Crippen LogP contribution in [0.3, 0.4) is 0 Å². The summed E-state index contributed by atoms with van der Waals surface area (Å²) in [6, 6.07) is 0. The Morgan fingerprint density at radius 1 is 1.00 bits per heavy atom. The molecule has 0 radical (unpaired) electrons. The van der Waals surface area contributed by atoms with Gasteiger partial charge in [0.15, 0.2) is 0 Å². The Labute approximate surface area is 56.5 Å². The number of thiol groups is 1. The maximum atomic E-state index is 9.05. The third-order valence-corrected chi connectivity index (χ3v) is 0. The van der Waals surface area contributed by atoms with E-state index in [0.717, 1.165) is 0 Å². The molecule has 0 aliphatic rings. The molecule has 9 heteroatoms. The average molecular weight is 186 g/mol. The van der Waals surface area contributed by atoms with Crippen molar-refractivity contribution in [3.05, 3.63) is 0 Å². The van der Waals surface area contributed by atoms with E-state index in [-0.39, 0.29) is 21.9 Å². The van der Waals surface area contributed by atoms with Gasteiger partial charge in [0, 0.05) is 0 Å². The van der Waals surface area contributed by atoms with Gasteiger partial charge in [0.25, 0.3) is 0 Å². The molecule has 0 bridgehead atoms. The fourth-order valence-corrected chi connectivity index (χ4v) is 0. The van der Waals surface area contributed by atoms with Crippen molar-refractivity contribution in [2.75, 3.05) is 0 Å². The zero-order valence-electron chi connectivity index (χ0n) is 4.12. The van der Waals surface area contributed by atoms with Crippen LogP contribution in [0.5, 0.6) is 0 Å². The molecule has 0 aromatic rings. The van der Waals surface area contributed by atoms with Gasteiger partial charge in [-0.15, -0.1) is 0 Å². The molecular formula is H10O7S2. The molecule has 0 amide bonds. The molecule has 0 aromatic carbocycles. The summed E-state index contributed by atoms with van der Waals surface area (Å²) in [5.41, 5.74) is 0. The lowest BCUT2D eigenvalue weighted by atomic mass is 15.9. The largest absolute Gasteiger partial charge is 0.412 e. The molecule has 9 N–H and O–H groups in total. The summed E-state index contributed by atoms with van der Waals surface area (Å²) < 4.78 is 25.5. The predicted octanol–water partition coefficient (Wildman–Crippen LogP) is -3.58. The van der Waals surface area contributed by atoms with Crippen LogP contribution in [-0.2, 0) is 9.15 Å². The van der Waals surface area contributed by atoms with E-state index in [2.05, 4.69) is 11.7 Å². The highest BCUT2D eigenvalue weighted by atomic mass is 33.1. The molecule has 0 unspecified atom stereocenters. The fraction of sp³-hybridized carbons (Fsp3) is 0. The highest BCUT2D eigenvalue weighted by Gasteiger charge is 1.83. The quantitative estimate of drug-likeness (QED) is 0.226. The smallest absolute Gasteiger partial charge is 0.316 e. The molecule has 7 nitrogen and oxygen atoms in total. The first-order chi connectivity index (χ1) is 2.00. The van der Waals surface area contributed by atoms with Crippen LogP contribution in [0.2, 0.25) is 0 Å². The molecule has 0 heterocycles. The second-order valence-corrected chi connectivity index (χ2v) is 2.73. The summed E-state index contributed by atoms with van der Waals surface area (Å²) in [5.74, 6) is 0. The van der Waals surface area contributed by atoms with Gasteiger partial charge in [-0.05, 0) is 11.7 Å². The SMILES string of the molecule is O.O.O.O.O=S(=O)(O)S. The summed E-state index contributed by atoms with van der Waals surface area (Å²) in [6.45, 7) is 0. The van der Waals surface area contributed by atoms with Gasteiger partial charge in [-0.3, -0.25) is 4.55 Å². The van der Waals surface area contributed by atoms with Crippen molar-refractivity contribution >= 4 is 20.8 Å². The third kappa shape index (κ3) is 30100. The van der Waals surface area contributed by atoms with Gasteiger partial charge in [-0.1, -0.05) is 0 Å². The minimum absolute atomic E-state index is 0. The molecule has 0 aliphatic carbocycles. The lowest BCUT2D eigenvalue weighted by Crippen LogP contribution is -1.78. The van der Waals surface area contributed by atoms with Gasteiger partial charge < -0.3 is 21.9 Å². The molecule has 0 rings (SSSR count). The third-order valence-electron chi connectivity index (χ3n) is 0. The molecule has 0 saturated heterocycles. The van der Waals surface area contributed by atoms with E-state index in [1.165, 1.54) is 0 Å². The maximum absolute atomic E-state index is 9.05. The molecule has 0 aliphatic heterocycles. The van der Waals surface area contributed by atoms with Crippen LogP contribution in [0, 0.1) is 0 Å². The molecule has 0 atom stereocenters. The first-order valence-corrected chi connectivity index (χ1v) is 3.19. The van der Waals surface area contributed by atoms with Crippen molar-refractivity contribution in [1.29, 1.82) is 0 Å². The highest BCUT2D eigenvalue weighted by Crippen LogP contribution is 1.81. The Morgan fingerprint density at radius 3 is 1.00 bits per heavy atom. The standard InChI is InChI=1S/H2O3S2.4H2O/c1-5(2,3)4;;;;/h(H2,1,2,3,4);4*1H2. The molecule has 0 spiro atoms. The first-order valence-electron chi connectivity index (χ1n) is 0.698. The normalized spacial score (nSPS) is 6.44. The maximum Gasteiger partial charge on any atom is 0.316 e. The van der Waals surface area contributed by atoms with E-state index >= 15 is 0 Å². The van der Waals surface area contributed by atoms with Gasteiger partial charge in [0.1, 0.15) is 0 Å². The van der Waals surface area contributed by atoms with Crippen molar-refractivity contribution in [2.24, 2.45) is 0 Å². The summed E-state index contributed by atoms with van der Waals surface area (Å²) in [7, 11) is -3.97. The van der Waals surface area contributed by atoms with Crippen LogP contribution in [0.1, 0.15) is 0 Å². The Balaban J connectivity index is -0.0000000133. The zero-order valence-corrected chi connectivity index (χ0v) is 5.83. The van der Waals surface area contributed by atoms with E-state index in [1.54, 1.807) is 0 Å². The lowest BCUT2D eigenvalue weighted by Gasteiger charge is -1.67. The van der Waals surface area contributed by atoms with Crippen LogP contribution in [0.25, 0.3) is 0 Å². The molecule has 9 heavy (non-hydrogen) atoms. The van der Waals surface area contributed by atoms with Crippen molar-refractivity contribution in [1.82, 2.24) is 0 Å². The minimum Gasteiger partial charge on any atom is -0.412 e. The van der Waals surface area contributed by atoms with Gasteiger partial charge in [-0.2, -0.15) is 8.42 Å². The average Bonchev–Trinajstić information content (AvgIpc) is 0.722. The fourth-order valence-electron chi connectivity index (χ4n) is 0. The number of rotatable bonds is 0. The topological polar surface area (TPSA) is 180 Å². The number of hydrogen-bond donors (Lipinski definition) is 2. The van der Waals surface area contributed by atoms with Crippen LogP contribution >= 0.6 is 11.7 Å². The van der Waals surface area contributed by atoms with Crippen LogP contribution in [0.15, 0.2) is 0 Å². The van der Waals surface area contributed by atoms with Crippen LogP contribution < -0.4 is 0 Å². The minimum atomic E-state index is -3.97. The van der Waals surface area contributed by atoms with Crippen molar-refractivity contribution < 1.29 is 34.9 Å². The van der Waals surface area contributed by atoms with Gasteiger partial charge in [0.2, 0.25) is 0 Å². The molecular weight excluding hydrogens is 176 g/mol. The Hall–Kier alpha value is 0.100. The first kappa shape index (κ1) is 35.5. The monoisotopic (exact) mass is 186 g/mol. The Morgan fingerprint density at radius 2 is 1.00 bits per heavy atom. The van der Waals surface area contributed by atoms with Gasteiger partial charge >= 0.3 is 9.15 Å². The Bertz CT molecular complexity index is 90.1. The van der Waals surface area contributed by atoms with Crippen LogP contribution in [0.4, 0.5) is 0 Å². The van der Waals surface area contributed by atoms with Gasteiger partial charge in [-0.25, -0.2) is 0 Å². The van der Waals surface area contributed by atoms with Crippen molar-refractivity contribution in [3.8, 4) is 0 Å². The second kappa shape index (κ2) is 11.0. The lowest BCUT2D eigenvalue weighted by molar-refractivity contribution is 0.503. The number of hydrogen-bond acceptors (Lipinski definition) is 2. The summed E-state index contributed by atoms with van der Waals surface area (Å²) in [4.78, 5) is 0. The molecule has 0 saturated carbocycles. The van der Waals surface area contributed by atoms with Crippen LogP contribution in [-0.4, -0.2) is 34.9 Å². The van der Waals surface area contributed by atoms with E-state index in [9.17, 15) is 0 Å². The predicted molar refractivity (Wildman–Crippen MR) is 35.0 cm³/mol. The summed E-state index contributed by atoms with van der Waals surface area (Å²) >= 11 is 2.65. The van der Waals surface area contributed by atoms with E-state index < -0.39 is 9.15 Å². The second-order valence-electron chi connectivity index (χ2n) is 0.448. The van der Waals surface area contributed by atoms with E-state index in [1.807, 2.05) is 0 Å².